The molecule has 0 aliphatic carbocycles. The van der Waals surface area contributed by atoms with Crippen LogP contribution in [-0.2, 0) is 19.4 Å². The van der Waals surface area contributed by atoms with E-state index < -0.39 is 0 Å². The molecular weight excluding hydrogens is 332 g/mol. The summed E-state index contributed by atoms with van der Waals surface area (Å²) in [4.78, 5) is 23.1. The fourth-order valence-corrected chi connectivity index (χ4v) is 4.04. The molecule has 0 saturated carbocycles. The highest BCUT2D eigenvalue weighted by atomic mass is 32.1. The van der Waals surface area contributed by atoms with E-state index in [4.69, 9.17) is 0 Å². The number of amides is 1. The summed E-state index contributed by atoms with van der Waals surface area (Å²) in [6.45, 7) is 4.73. The van der Waals surface area contributed by atoms with Gasteiger partial charge < -0.3 is 5.32 Å². The highest BCUT2D eigenvalue weighted by Crippen LogP contribution is 2.24. The van der Waals surface area contributed by atoms with Gasteiger partial charge >= 0.3 is 0 Å². The van der Waals surface area contributed by atoms with E-state index in [9.17, 15) is 4.79 Å². The van der Waals surface area contributed by atoms with Crippen LogP contribution in [-0.4, -0.2) is 20.4 Å². The largest absolute Gasteiger partial charge is 0.347 e. The number of carbonyl (C=O) groups excluding carboxylic acids is 1. The fraction of sp³-hybridized carbons (Fsp3) is 0.316. The number of imidazole rings is 1. The lowest BCUT2D eigenvalue weighted by atomic mass is 10.1. The Kier molecular flexibility index (Phi) is 5.60. The molecule has 0 unspecified atom stereocenters. The number of nitrogens with zero attached hydrogens (tertiary/aromatic N) is 3. The minimum absolute atomic E-state index is 0.0255. The second kappa shape index (κ2) is 8.07. The van der Waals surface area contributed by atoms with Crippen molar-refractivity contribution in [1.82, 2.24) is 19.9 Å². The summed E-state index contributed by atoms with van der Waals surface area (Å²) in [5.74, 6) is 0.759. The van der Waals surface area contributed by atoms with Gasteiger partial charge in [0, 0.05) is 35.6 Å². The Morgan fingerprint density at radius 3 is 2.88 bits per heavy atom. The normalized spacial score (nSPS) is 10.8. The minimum atomic E-state index is -0.0255. The summed E-state index contributed by atoms with van der Waals surface area (Å²) in [6.07, 6.45) is 10.1. The van der Waals surface area contributed by atoms with Crippen molar-refractivity contribution in [3.63, 3.8) is 0 Å². The summed E-state index contributed by atoms with van der Waals surface area (Å²) in [5.41, 5.74) is 2.24. The van der Waals surface area contributed by atoms with Crippen LogP contribution in [0.5, 0.6) is 0 Å². The van der Waals surface area contributed by atoms with Crippen molar-refractivity contribution in [3.05, 3.63) is 64.0 Å². The molecule has 1 amide bonds. The Morgan fingerprint density at radius 2 is 2.16 bits per heavy atom. The highest BCUT2D eigenvalue weighted by Gasteiger charge is 2.14. The van der Waals surface area contributed by atoms with Crippen molar-refractivity contribution >= 4 is 17.2 Å². The van der Waals surface area contributed by atoms with E-state index in [0.717, 1.165) is 35.5 Å². The predicted octanol–water partition coefficient (Wildman–Crippen LogP) is 3.77. The molecule has 1 N–H and O–H groups in total. The molecule has 0 radical (unpaired) electrons. The van der Waals surface area contributed by atoms with Gasteiger partial charge in [-0.25, -0.2) is 9.97 Å². The minimum Gasteiger partial charge on any atom is -0.347 e. The first-order valence-corrected chi connectivity index (χ1v) is 9.36. The molecule has 3 rings (SSSR count). The van der Waals surface area contributed by atoms with Crippen LogP contribution in [0.1, 0.15) is 45.9 Å². The number of hydrogen-bond acceptors (Lipinski definition) is 4. The summed E-state index contributed by atoms with van der Waals surface area (Å²) < 4.78 is 1.85. The molecule has 6 heteroatoms. The van der Waals surface area contributed by atoms with Gasteiger partial charge in [-0.3, -0.25) is 9.36 Å². The first-order valence-electron chi connectivity index (χ1n) is 8.55. The number of aromatic nitrogens is 3. The maximum Gasteiger partial charge on any atom is 0.261 e. The Morgan fingerprint density at radius 1 is 1.28 bits per heavy atom. The Balaban J connectivity index is 1.73. The molecule has 0 aliphatic heterocycles. The van der Waals surface area contributed by atoms with Gasteiger partial charge in [-0.05, 0) is 30.5 Å². The molecule has 0 fully saturated rings. The molecule has 0 aliphatic rings. The third kappa shape index (κ3) is 3.96. The molecule has 5 nitrogen and oxygen atoms in total. The summed E-state index contributed by atoms with van der Waals surface area (Å²) in [7, 11) is 0. The second-order valence-electron chi connectivity index (χ2n) is 5.80. The van der Waals surface area contributed by atoms with Gasteiger partial charge in [0.05, 0.1) is 4.88 Å². The van der Waals surface area contributed by atoms with Gasteiger partial charge in [-0.1, -0.05) is 26.3 Å². The van der Waals surface area contributed by atoms with E-state index in [2.05, 4.69) is 29.1 Å². The van der Waals surface area contributed by atoms with Gasteiger partial charge in [0.25, 0.3) is 5.91 Å². The molecule has 0 aromatic carbocycles. The van der Waals surface area contributed by atoms with Crippen LogP contribution < -0.4 is 5.32 Å². The van der Waals surface area contributed by atoms with E-state index in [1.54, 1.807) is 30.1 Å². The average Bonchev–Trinajstić information content (AvgIpc) is 3.30. The molecular formula is C19H22N4OS. The van der Waals surface area contributed by atoms with Gasteiger partial charge in [0.15, 0.2) is 0 Å². The first kappa shape index (κ1) is 17.4. The van der Waals surface area contributed by atoms with Crippen molar-refractivity contribution in [3.8, 4) is 5.82 Å². The van der Waals surface area contributed by atoms with Gasteiger partial charge in [-0.2, -0.15) is 0 Å². The molecule has 3 aromatic heterocycles. The topological polar surface area (TPSA) is 59.8 Å². The van der Waals surface area contributed by atoms with Crippen LogP contribution in [0.3, 0.4) is 0 Å². The zero-order valence-electron chi connectivity index (χ0n) is 14.5. The van der Waals surface area contributed by atoms with E-state index in [1.807, 2.05) is 29.0 Å². The third-order valence-electron chi connectivity index (χ3n) is 4.03. The molecule has 0 atom stereocenters. The first-order chi connectivity index (χ1) is 12.2. The number of pyridine rings is 1. The molecule has 3 heterocycles. The Labute approximate surface area is 151 Å². The molecule has 0 spiro atoms. The van der Waals surface area contributed by atoms with E-state index in [-0.39, 0.29) is 5.91 Å². The van der Waals surface area contributed by atoms with Crippen molar-refractivity contribution in [2.45, 2.75) is 39.7 Å². The average molecular weight is 354 g/mol. The van der Waals surface area contributed by atoms with Gasteiger partial charge in [0.1, 0.15) is 12.1 Å². The summed E-state index contributed by atoms with van der Waals surface area (Å²) in [6, 6.07) is 5.88. The predicted molar refractivity (Wildman–Crippen MR) is 100 cm³/mol. The number of aryl methyl sites for hydroxylation is 2. The van der Waals surface area contributed by atoms with Crippen LogP contribution in [0.15, 0.2) is 43.1 Å². The zero-order valence-corrected chi connectivity index (χ0v) is 15.3. The second-order valence-corrected chi connectivity index (χ2v) is 6.94. The number of hydrogen-bond donors (Lipinski definition) is 1. The van der Waals surface area contributed by atoms with E-state index >= 15 is 0 Å². The summed E-state index contributed by atoms with van der Waals surface area (Å²) >= 11 is 1.61. The molecule has 0 saturated heterocycles. The molecule has 0 bridgehead atoms. The van der Waals surface area contributed by atoms with Crippen LogP contribution in [0.2, 0.25) is 0 Å². The van der Waals surface area contributed by atoms with Crippen LogP contribution in [0, 0.1) is 0 Å². The zero-order chi connectivity index (χ0) is 17.6. The quantitative estimate of drug-likeness (QED) is 0.702. The smallest absolute Gasteiger partial charge is 0.261 e. The van der Waals surface area contributed by atoms with E-state index in [0.29, 0.717) is 6.54 Å². The lowest BCUT2D eigenvalue weighted by Crippen LogP contribution is -2.22. The molecule has 3 aromatic rings. The molecule has 130 valence electrons. The fourth-order valence-electron chi connectivity index (χ4n) is 2.76. The van der Waals surface area contributed by atoms with Crippen LogP contribution in [0.4, 0.5) is 0 Å². The maximum absolute atomic E-state index is 12.6. The lowest BCUT2D eigenvalue weighted by molar-refractivity contribution is 0.0955. The van der Waals surface area contributed by atoms with Crippen molar-refractivity contribution < 1.29 is 4.79 Å². The standard InChI is InChI=1S/C19H22N4OS/c1-3-6-16-14(4-2)11-17(25-16)19(24)22-12-15-7-5-8-21-18(15)23-10-9-20-13-23/h5,7-11,13H,3-4,6,12H2,1-2H3,(H,22,24). The lowest BCUT2D eigenvalue weighted by Gasteiger charge is -2.09. The van der Waals surface area contributed by atoms with Gasteiger partial charge in [0.2, 0.25) is 0 Å². The van der Waals surface area contributed by atoms with Crippen molar-refractivity contribution in [1.29, 1.82) is 0 Å². The van der Waals surface area contributed by atoms with Crippen molar-refractivity contribution in [2.75, 3.05) is 0 Å². The van der Waals surface area contributed by atoms with E-state index in [1.165, 1.54) is 10.4 Å². The monoisotopic (exact) mass is 354 g/mol. The number of carbonyl (C=O) groups is 1. The Hall–Kier alpha value is -2.47. The highest BCUT2D eigenvalue weighted by molar-refractivity contribution is 7.14. The van der Waals surface area contributed by atoms with Crippen LogP contribution >= 0.6 is 11.3 Å². The summed E-state index contributed by atoms with van der Waals surface area (Å²) in [5, 5.41) is 3.02. The molecule has 25 heavy (non-hydrogen) atoms. The number of nitrogens with one attached hydrogen (secondary N) is 1. The number of rotatable bonds is 7. The maximum atomic E-state index is 12.6. The van der Waals surface area contributed by atoms with Crippen LogP contribution in [0.25, 0.3) is 5.82 Å². The van der Waals surface area contributed by atoms with Gasteiger partial charge in [-0.15, -0.1) is 11.3 Å². The SMILES string of the molecule is CCCc1sc(C(=O)NCc2cccnc2-n2ccnc2)cc1CC. The van der Waals surface area contributed by atoms with Crippen molar-refractivity contribution in [2.24, 2.45) is 0 Å². The Bertz CT molecular complexity index is 839. The third-order valence-corrected chi connectivity index (χ3v) is 5.27. The number of thiophene rings is 1.